The van der Waals surface area contributed by atoms with E-state index < -0.39 is 41.6 Å². The summed E-state index contributed by atoms with van der Waals surface area (Å²) in [7, 11) is 0. The highest BCUT2D eigenvalue weighted by molar-refractivity contribution is 6.38. The highest BCUT2D eigenvalue weighted by Crippen LogP contribution is 2.64. The molecule has 5 aliphatic carbocycles. The van der Waals surface area contributed by atoms with E-state index in [9.17, 15) is 28.8 Å². The van der Waals surface area contributed by atoms with Gasteiger partial charge in [-0.1, -0.05) is 32.6 Å². The van der Waals surface area contributed by atoms with E-state index in [4.69, 9.17) is 0 Å². The molecule has 4 atom stereocenters. The van der Waals surface area contributed by atoms with Crippen LogP contribution in [0.5, 0.6) is 0 Å². The average molecular weight is 586 g/mol. The molecular formula is C31H47N5O6. The lowest BCUT2D eigenvalue weighted by Gasteiger charge is -2.60. The molecule has 0 spiro atoms. The molecule has 0 unspecified atom stereocenters. The van der Waals surface area contributed by atoms with Gasteiger partial charge in [-0.25, -0.2) is 0 Å². The topological polar surface area (TPSA) is 163 Å². The second-order valence-electron chi connectivity index (χ2n) is 13.5. The highest BCUT2D eigenvalue weighted by Gasteiger charge is 2.61. The summed E-state index contributed by atoms with van der Waals surface area (Å²) >= 11 is 0. The summed E-state index contributed by atoms with van der Waals surface area (Å²) in [5.74, 6) is -2.57. The zero-order chi connectivity index (χ0) is 29.9. The standard InChI is InChI=1S/C31H47N5O6/c1-2-7-22(34-28(40)24(19-8-4-3-5-9-19)36-30(42)31-15-18(16-31)17-31)27(39)35-23(14-20-10-6-13-32-26(20)38)25(37)29(41)33-21-11-12-21/h18-24H,2-17H2,1H3,(H,32,38)(H,33,41)(H,34,40)(H,35,39)(H,36,42)/t18?,20-,22-,23-,24+,31?/m0/s1. The van der Waals surface area contributed by atoms with Crippen molar-refractivity contribution in [2.75, 3.05) is 6.54 Å². The second kappa shape index (κ2) is 13.1. The Morgan fingerprint density at radius 2 is 1.55 bits per heavy atom. The zero-order valence-electron chi connectivity index (χ0n) is 24.8. The largest absolute Gasteiger partial charge is 0.356 e. The minimum Gasteiger partial charge on any atom is -0.356 e. The molecule has 1 aliphatic heterocycles. The SMILES string of the molecule is CCC[C@H](NC(=O)[C@H](NC(=O)C12CC(C1)C2)C1CCCCC1)C(=O)N[C@@H](C[C@@H]1CCCNC1=O)C(=O)C(=O)NC1CC1. The number of nitrogens with one attached hydrogen (secondary N) is 5. The van der Waals surface area contributed by atoms with Crippen LogP contribution in [-0.4, -0.2) is 66.0 Å². The molecule has 5 saturated carbocycles. The Hall–Kier alpha value is -2.98. The summed E-state index contributed by atoms with van der Waals surface area (Å²) in [5, 5.41) is 14.2. The first-order chi connectivity index (χ1) is 20.2. The van der Waals surface area contributed by atoms with E-state index >= 15 is 0 Å². The normalized spacial score (nSPS) is 28.9. The van der Waals surface area contributed by atoms with Crippen LogP contribution in [0.25, 0.3) is 0 Å². The lowest BCUT2D eigenvalue weighted by atomic mass is 9.44. The van der Waals surface area contributed by atoms with Gasteiger partial charge < -0.3 is 26.6 Å². The van der Waals surface area contributed by atoms with E-state index in [-0.39, 0.29) is 41.5 Å². The van der Waals surface area contributed by atoms with E-state index in [1.54, 1.807) is 0 Å². The van der Waals surface area contributed by atoms with Gasteiger partial charge >= 0.3 is 0 Å². The molecule has 1 saturated heterocycles. The monoisotopic (exact) mass is 585 g/mol. The zero-order valence-corrected chi connectivity index (χ0v) is 24.8. The van der Waals surface area contributed by atoms with Crippen LogP contribution in [0.3, 0.4) is 0 Å². The van der Waals surface area contributed by atoms with Crippen molar-refractivity contribution in [1.29, 1.82) is 0 Å². The fourth-order valence-electron chi connectivity index (χ4n) is 7.23. The summed E-state index contributed by atoms with van der Waals surface area (Å²) in [6, 6.07) is -2.87. The summed E-state index contributed by atoms with van der Waals surface area (Å²) in [4.78, 5) is 78.9. The third kappa shape index (κ3) is 6.97. The molecule has 6 fully saturated rings. The Morgan fingerprint density at radius 1 is 0.857 bits per heavy atom. The van der Waals surface area contributed by atoms with Gasteiger partial charge in [-0.2, -0.15) is 0 Å². The van der Waals surface area contributed by atoms with Crippen molar-refractivity contribution >= 4 is 35.3 Å². The first kappa shape index (κ1) is 30.5. The van der Waals surface area contributed by atoms with Crippen molar-refractivity contribution in [3.63, 3.8) is 0 Å². The van der Waals surface area contributed by atoms with Gasteiger partial charge in [0, 0.05) is 23.9 Å². The molecule has 0 aromatic carbocycles. The molecule has 11 heteroatoms. The minimum atomic E-state index is -1.18. The van der Waals surface area contributed by atoms with Crippen molar-refractivity contribution in [2.24, 2.45) is 23.2 Å². The van der Waals surface area contributed by atoms with Crippen LogP contribution >= 0.6 is 0 Å². The second-order valence-corrected chi connectivity index (χ2v) is 13.5. The van der Waals surface area contributed by atoms with Gasteiger partial charge in [0.2, 0.25) is 29.4 Å². The van der Waals surface area contributed by atoms with Crippen molar-refractivity contribution in [2.45, 2.75) is 127 Å². The van der Waals surface area contributed by atoms with Gasteiger partial charge in [0.1, 0.15) is 12.1 Å². The Morgan fingerprint density at radius 3 is 2.14 bits per heavy atom. The van der Waals surface area contributed by atoms with Gasteiger partial charge in [-0.05, 0) is 82.5 Å². The average Bonchev–Trinajstić information content (AvgIpc) is 3.74. The maximum Gasteiger partial charge on any atom is 0.289 e. The van der Waals surface area contributed by atoms with Crippen molar-refractivity contribution in [3.8, 4) is 0 Å². The molecule has 0 aromatic heterocycles. The molecule has 6 rings (SSSR count). The number of piperidine rings is 1. The first-order valence-electron chi connectivity index (χ1n) is 16.2. The van der Waals surface area contributed by atoms with Crippen LogP contribution in [0, 0.1) is 23.2 Å². The van der Waals surface area contributed by atoms with E-state index in [1.165, 1.54) is 0 Å². The predicted octanol–water partition coefficient (Wildman–Crippen LogP) is 1.39. The van der Waals surface area contributed by atoms with Crippen LogP contribution in [0.4, 0.5) is 0 Å². The van der Waals surface area contributed by atoms with Gasteiger partial charge in [0.05, 0.1) is 6.04 Å². The Kier molecular flexibility index (Phi) is 9.52. The number of Topliss-reactive ketones (excluding diaryl/α,β-unsaturated/α-hetero) is 1. The molecule has 0 radical (unpaired) electrons. The highest BCUT2D eigenvalue weighted by atomic mass is 16.2. The van der Waals surface area contributed by atoms with Crippen LogP contribution < -0.4 is 26.6 Å². The van der Waals surface area contributed by atoms with Crippen LogP contribution in [0.1, 0.15) is 103 Å². The van der Waals surface area contributed by atoms with Crippen molar-refractivity contribution < 1.29 is 28.8 Å². The van der Waals surface area contributed by atoms with E-state index in [1.807, 2.05) is 6.92 Å². The lowest BCUT2D eigenvalue weighted by molar-refractivity contribution is -0.167. The van der Waals surface area contributed by atoms with Crippen LogP contribution in [0.15, 0.2) is 0 Å². The molecule has 5 N–H and O–H groups in total. The van der Waals surface area contributed by atoms with Gasteiger partial charge in [0.15, 0.2) is 0 Å². The van der Waals surface area contributed by atoms with Crippen molar-refractivity contribution in [1.82, 2.24) is 26.6 Å². The Balaban J connectivity index is 1.27. The summed E-state index contributed by atoms with van der Waals surface area (Å²) < 4.78 is 0. The molecule has 6 aliphatic rings. The number of ketones is 1. The fraction of sp³-hybridized carbons (Fsp3) is 0.806. The smallest absolute Gasteiger partial charge is 0.289 e. The van der Waals surface area contributed by atoms with E-state index in [0.29, 0.717) is 31.7 Å². The van der Waals surface area contributed by atoms with Gasteiger partial charge in [-0.3, -0.25) is 28.8 Å². The summed E-state index contributed by atoms with van der Waals surface area (Å²) in [6.45, 7) is 2.46. The van der Waals surface area contributed by atoms with Gasteiger partial charge in [-0.15, -0.1) is 0 Å². The van der Waals surface area contributed by atoms with Crippen LogP contribution in [-0.2, 0) is 28.8 Å². The van der Waals surface area contributed by atoms with Crippen molar-refractivity contribution in [3.05, 3.63) is 0 Å². The molecule has 5 amide bonds. The Labute approximate surface area is 247 Å². The number of carbonyl (C=O) groups excluding carboxylic acids is 6. The molecule has 42 heavy (non-hydrogen) atoms. The first-order valence-corrected chi connectivity index (χ1v) is 16.2. The lowest BCUT2D eigenvalue weighted by Crippen LogP contribution is -2.64. The summed E-state index contributed by atoms with van der Waals surface area (Å²) in [5.41, 5.74) is -0.321. The number of hydrogen-bond donors (Lipinski definition) is 5. The number of carbonyl (C=O) groups is 6. The maximum absolute atomic E-state index is 13.7. The Bertz CT molecular complexity index is 1070. The fourth-order valence-corrected chi connectivity index (χ4v) is 7.23. The third-order valence-electron chi connectivity index (χ3n) is 10.1. The molecule has 11 nitrogen and oxygen atoms in total. The molecule has 0 aromatic rings. The number of rotatable bonds is 14. The summed E-state index contributed by atoms with van der Waals surface area (Å²) in [6.07, 6.45) is 11.3. The maximum atomic E-state index is 13.7. The third-order valence-corrected chi connectivity index (χ3v) is 10.1. The minimum absolute atomic E-state index is 0.00523. The van der Waals surface area contributed by atoms with E-state index in [2.05, 4.69) is 26.6 Å². The molecule has 232 valence electrons. The van der Waals surface area contributed by atoms with Gasteiger partial charge in [0.25, 0.3) is 5.91 Å². The predicted molar refractivity (Wildman–Crippen MR) is 154 cm³/mol. The molecule has 1 heterocycles. The molecule has 2 bridgehead atoms. The van der Waals surface area contributed by atoms with E-state index in [0.717, 1.165) is 70.6 Å². The quantitative estimate of drug-likeness (QED) is 0.194. The van der Waals surface area contributed by atoms with Crippen LogP contribution in [0.2, 0.25) is 0 Å². The number of hydrogen-bond acceptors (Lipinski definition) is 6. The molecular weight excluding hydrogens is 538 g/mol. The number of amides is 5.